The molecule has 3 rings (SSSR count). The summed E-state index contributed by atoms with van der Waals surface area (Å²) in [5, 5.41) is 14.9. The molecule has 0 aliphatic carbocycles. The van der Waals surface area contributed by atoms with Gasteiger partial charge in [-0.2, -0.15) is 0 Å². The number of amides is 1. The zero-order valence-electron chi connectivity index (χ0n) is 12.8. The fraction of sp³-hybridized carbons (Fsp3) is 0.0556. The topological polar surface area (TPSA) is 92.4 Å². The van der Waals surface area contributed by atoms with E-state index >= 15 is 0 Å². The fourth-order valence-electron chi connectivity index (χ4n) is 1.72. The molecule has 0 saturated carbocycles. The predicted octanol–water partition coefficient (Wildman–Crippen LogP) is 3.22. The summed E-state index contributed by atoms with van der Waals surface area (Å²) in [4.78, 5) is 22.6. The monoisotopic (exact) mass is 322 g/mol. The molecule has 6 heteroatoms. The van der Waals surface area contributed by atoms with Crippen molar-refractivity contribution in [2.24, 2.45) is 0 Å². The van der Waals surface area contributed by atoms with Crippen LogP contribution < -0.4 is 5.32 Å². The summed E-state index contributed by atoms with van der Waals surface area (Å²) in [7, 11) is 0. The van der Waals surface area contributed by atoms with E-state index in [0.29, 0.717) is 5.56 Å². The van der Waals surface area contributed by atoms with Gasteiger partial charge in [0.25, 0.3) is 5.91 Å². The van der Waals surface area contributed by atoms with Gasteiger partial charge in [-0.05, 0) is 30.7 Å². The van der Waals surface area contributed by atoms with Crippen LogP contribution in [0.2, 0.25) is 0 Å². The first kappa shape index (κ1) is 17.0. The summed E-state index contributed by atoms with van der Waals surface area (Å²) >= 11 is 0. The minimum absolute atomic E-state index is 0.112. The van der Waals surface area contributed by atoms with Gasteiger partial charge in [-0.1, -0.05) is 35.5 Å². The van der Waals surface area contributed by atoms with Gasteiger partial charge in [0, 0.05) is 17.8 Å². The predicted molar refractivity (Wildman–Crippen MR) is 86.7 cm³/mol. The lowest BCUT2D eigenvalue weighted by Crippen LogP contribution is -2.13. The minimum atomic E-state index is -1.06. The molecule has 120 valence electrons. The molecule has 0 saturated heterocycles. The van der Waals surface area contributed by atoms with Crippen LogP contribution >= 0.6 is 0 Å². The number of carboxylic acids is 1. The first-order valence-corrected chi connectivity index (χ1v) is 6.96. The number of rotatable bonds is 3. The molecule has 1 aromatic heterocycles. The summed E-state index contributed by atoms with van der Waals surface area (Å²) in [5.74, 6) is -1.54. The maximum absolute atomic E-state index is 11.6. The lowest BCUT2D eigenvalue weighted by Gasteiger charge is -2.05. The van der Waals surface area contributed by atoms with Crippen LogP contribution in [0.15, 0.2) is 59.3 Å². The molecule has 0 unspecified atom stereocenters. The van der Waals surface area contributed by atoms with Gasteiger partial charge in [-0.15, -0.1) is 0 Å². The molecule has 6 nitrogen and oxygen atoms in total. The Morgan fingerprint density at radius 3 is 2.50 bits per heavy atom. The maximum atomic E-state index is 11.6. The van der Waals surface area contributed by atoms with Crippen molar-refractivity contribution >= 4 is 17.6 Å². The Bertz CT molecular complexity index is 772. The number of anilines is 1. The molecular weight excluding hydrogens is 308 g/mol. The van der Waals surface area contributed by atoms with E-state index < -0.39 is 11.9 Å². The van der Waals surface area contributed by atoms with Crippen molar-refractivity contribution in [2.45, 2.75) is 6.92 Å². The number of carboxylic acid groups (broad SMARTS) is 1. The van der Waals surface area contributed by atoms with E-state index in [1.54, 1.807) is 6.92 Å². The number of nitrogens with zero attached hydrogens (tertiary/aromatic N) is 1. The largest absolute Gasteiger partial charge is 0.478 e. The molecule has 2 radical (unpaired) electrons. The highest BCUT2D eigenvalue weighted by Gasteiger charge is 2.12. The number of carbonyl (C=O) groups is 2. The summed E-state index contributed by atoms with van der Waals surface area (Å²) in [5.41, 5.74) is 1.07. The molecule has 0 fully saturated rings. The summed E-state index contributed by atoms with van der Waals surface area (Å²) in [6.45, 7) is 1.66. The summed E-state index contributed by atoms with van der Waals surface area (Å²) < 4.78 is 4.54. The van der Waals surface area contributed by atoms with Gasteiger partial charge >= 0.3 is 5.97 Å². The van der Waals surface area contributed by atoms with Gasteiger partial charge in [-0.3, -0.25) is 4.79 Å². The zero-order valence-corrected chi connectivity index (χ0v) is 12.8. The Balaban J connectivity index is 0.000000292. The molecule has 2 aromatic carbocycles. The highest BCUT2D eigenvalue weighted by atomic mass is 16.5. The third kappa shape index (κ3) is 4.81. The number of benzene rings is 2. The van der Waals surface area contributed by atoms with Crippen LogP contribution in [0.3, 0.4) is 0 Å². The van der Waals surface area contributed by atoms with Crippen LogP contribution in [0.4, 0.5) is 5.69 Å². The van der Waals surface area contributed by atoms with E-state index in [-0.39, 0.29) is 16.9 Å². The molecule has 0 atom stereocenters. The normalized spacial score (nSPS) is 9.54. The second-order valence-corrected chi connectivity index (χ2v) is 4.66. The molecule has 0 aliphatic heterocycles. The van der Waals surface area contributed by atoms with E-state index in [4.69, 9.17) is 5.11 Å². The van der Waals surface area contributed by atoms with Crippen molar-refractivity contribution in [3.8, 4) is 0 Å². The first-order chi connectivity index (χ1) is 11.6. The van der Waals surface area contributed by atoms with Gasteiger partial charge in [0.05, 0.1) is 5.56 Å². The van der Waals surface area contributed by atoms with Gasteiger partial charge in [0.15, 0.2) is 5.69 Å². The van der Waals surface area contributed by atoms with Crippen molar-refractivity contribution in [2.75, 3.05) is 5.32 Å². The van der Waals surface area contributed by atoms with Crippen molar-refractivity contribution in [1.29, 1.82) is 0 Å². The van der Waals surface area contributed by atoms with E-state index in [2.05, 4.69) is 27.1 Å². The Labute approximate surface area is 138 Å². The SMILES string of the molecule is Cc1c[c]c(NC(=O)c2ccon2)cc1C(=O)O.[c]1ccccc1. The van der Waals surface area contributed by atoms with Crippen LogP contribution in [0.5, 0.6) is 0 Å². The van der Waals surface area contributed by atoms with Crippen molar-refractivity contribution in [1.82, 2.24) is 5.16 Å². The zero-order chi connectivity index (χ0) is 17.4. The van der Waals surface area contributed by atoms with Crippen LogP contribution in [0, 0.1) is 19.1 Å². The standard InChI is InChI=1S/C12H9N2O4.C6H5/c1-7-2-3-8(6-9(7)12(16)17)13-11(15)10-4-5-18-14-10;1-2-4-6-5-3-1/h2,4-6H,1H3,(H,13,15)(H,16,17);1-5H. The number of hydrogen-bond acceptors (Lipinski definition) is 4. The van der Waals surface area contributed by atoms with Crippen molar-refractivity contribution in [3.63, 3.8) is 0 Å². The van der Waals surface area contributed by atoms with Gasteiger partial charge in [-0.25, -0.2) is 4.79 Å². The van der Waals surface area contributed by atoms with Gasteiger partial charge in [0.1, 0.15) is 6.26 Å². The average molecular weight is 322 g/mol. The van der Waals surface area contributed by atoms with Crippen LogP contribution in [-0.2, 0) is 0 Å². The Kier molecular flexibility index (Phi) is 5.85. The average Bonchev–Trinajstić information content (AvgIpc) is 3.13. The summed E-state index contributed by atoms with van der Waals surface area (Å²) in [6.07, 6.45) is 1.27. The second-order valence-electron chi connectivity index (χ2n) is 4.66. The lowest BCUT2D eigenvalue weighted by atomic mass is 10.1. The highest BCUT2D eigenvalue weighted by molar-refractivity contribution is 6.03. The lowest BCUT2D eigenvalue weighted by molar-refractivity contribution is 0.0695. The van der Waals surface area contributed by atoms with E-state index in [0.717, 1.165) is 0 Å². The van der Waals surface area contributed by atoms with Crippen molar-refractivity contribution < 1.29 is 19.2 Å². The highest BCUT2D eigenvalue weighted by Crippen LogP contribution is 2.15. The smallest absolute Gasteiger partial charge is 0.336 e. The molecule has 2 N–H and O–H groups in total. The van der Waals surface area contributed by atoms with Gasteiger partial charge < -0.3 is 14.9 Å². The van der Waals surface area contributed by atoms with Crippen LogP contribution in [-0.4, -0.2) is 22.1 Å². The van der Waals surface area contributed by atoms with E-state index in [1.165, 1.54) is 24.5 Å². The molecule has 1 amide bonds. The molecule has 0 spiro atoms. The van der Waals surface area contributed by atoms with E-state index in [1.807, 2.05) is 30.3 Å². The number of nitrogens with one attached hydrogen (secondary N) is 1. The Morgan fingerprint density at radius 2 is 2.00 bits per heavy atom. The maximum Gasteiger partial charge on any atom is 0.336 e. The summed E-state index contributed by atoms with van der Waals surface area (Å²) in [6, 6.07) is 19.5. The molecular formula is C18H14N2O4. The number of aromatic nitrogens is 1. The molecule has 3 aromatic rings. The Hall–Kier alpha value is -3.41. The quantitative estimate of drug-likeness (QED) is 0.772. The first-order valence-electron chi connectivity index (χ1n) is 6.96. The molecule has 0 aliphatic rings. The molecule has 0 bridgehead atoms. The number of aromatic carboxylic acids is 1. The van der Waals surface area contributed by atoms with Gasteiger partial charge in [0.2, 0.25) is 0 Å². The number of hydrogen-bond donors (Lipinski definition) is 2. The van der Waals surface area contributed by atoms with Crippen molar-refractivity contribution in [3.05, 3.63) is 83.7 Å². The number of aryl methyl sites for hydroxylation is 1. The fourth-order valence-corrected chi connectivity index (χ4v) is 1.72. The minimum Gasteiger partial charge on any atom is -0.478 e. The second kappa shape index (κ2) is 8.28. The third-order valence-electron chi connectivity index (χ3n) is 2.91. The number of carbonyl (C=O) groups excluding carboxylic acids is 1. The van der Waals surface area contributed by atoms with Crippen LogP contribution in [0.25, 0.3) is 0 Å². The molecule has 1 heterocycles. The third-order valence-corrected chi connectivity index (χ3v) is 2.91. The van der Waals surface area contributed by atoms with Crippen LogP contribution in [0.1, 0.15) is 26.4 Å². The van der Waals surface area contributed by atoms with E-state index in [9.17, 15) is 9.59 Å². The molecule has 24 heavy (non-hydrogen) atoms. The Morgan fingerprint density at radius 1 is 1.25 bits per heavy atom.